The lowest BCUT2D eigenvalue weighted by Gasteiger charge is -2.06. The van der Waals surface area contributed by atoms with Gasteiger partial charge in [0.15, 0.2) is 0 Å². The van der Waals surface area contributed by atoms with Gasteiger partial charge < -0.3 is 4.74 Å². The smallest absolute Gasteiger partial charge is 0.228 e. The number of hydrogen-bond acceptors (Lipinski definition) is 1. The summed E-state index contributed by atoms with van der Waals surface area (Å²) in [5.74, 6) is 0.529. The fourth-order valence-electron chi connectivity index (χ4n) is 1.15. The zero-order valence-electron chi connectivity index (χ0n) is 7.60. The zero-order valence-corrected chi connectivity index (χ0v) is 9.94. The Morgan fingerprint density at radius 1 is 1.43 bits per heavy atom. The highest BCUT2D eigenvalue weighted by atomic mass is 79.9. The van der Waals surface area contributed by atoms with E-state index in [0.717, 1.165) is 23.7 Å². The van der Waals surface area contributed by atoms with Crippen LogP contribution in [0.2, 0.25) is 5.02 Å². The maximum absolute atomic E-state index is 11.9. The van der Waals surface area contributed by atoms with E-state index < -0.39 is 6.86 Å². The normalized spacial score (nSPS) is 10.2. The maximum Gasteiger partial charge on any atom is 0.228 e. The summed E-state index contributed by atoms with van der Waals surface area (Å²) in [5, 5.41) is 1.63. The lowest BCUT2D eigenvalue weighted by molar-refractivity contribution is 0.191. The largest absolute Gasteiger partial charge is 0.463 e. The molecule has 0 N–H and O–H groups in total. The summed E-state index contributed by atoms with van der Waals surface area (Å²) in [6.45, 7) is -0.806. The molecule has 0 aliphatic heterocycles. The van der Waals surface area contributed by atoms with Crippen LogP contribution in [0.1, 0.15) is 12.0 Å². The summed E-state index contributed by atoms with van der Waals surface area (Å²) in [5.41, 5.74) is 0.997. The predicted octanol–water partition coefficient (Wildman–Crippen LogP) is 3.97. The summed E-state index contributed by atoms with van der Waals surface area (Å²) in [6, 6.07) is 5.18. The molecule has 1 aromatic carbocycles. The van der Waals surface area contributed by atoms with Crippen LogP contribution in [0.15, 0.2) is 18.2 Å². The Kier molecular flexibility index (Phi) is 5.26. The Bertz CT molecular complexity index is 293. The summed E-state index contributed by atoms with van der Waals surface area (Å²) in [4.78, 5) is 0. The second-order valence-electron chi connectivity index (χ2n) is 2.80. The van der Waals surface area contributed by atoms with Gasteiger partial charge in [0.2, 0.25) is 6.86 Å². The summed E-state index contributed by atoms with van der Waals surface area (Å²) < 4.78 is 16.6. The molecule has 0 aromatic heterocycles. The molecule has 0 aliphatic rings. The number of alkyl halides is 2. The third-order valence-electron chi connectivity index (χ3n) is 1.82. The fraction of sp³-hybridized carbons (Fsp3) is 0.400. The number of aryl methyl sites for hydroxylation is 1. The number of ether oxygens (including phenoxy) is 1. The number of benzene rings is 1. The minimum atomic E-state index is -0.806. The molecular formula is C10H11BrClFO. The van der Waals surface area contributed by atoms with Crippen LogP contribution in [-0.2, 0) is 6.42 Å². The van der Waals surface area contributed by atoms with Crippen molar-refractivity contribution in [3.8, 4) is 5.75 Å². The van der Waals surface area contributed by atoms with E-state index in [4.69, 9.17) is 16.3 Å². The first-order valence-electron chi connectivity index (χ1n) is 4.31. The van der Waals surface area contributed by atoms with Crippen LogP contribution in [0.4, 0.5) is 4.39 Å². The molecule has 0 fully saturated rings. The monoisotopic (exact) mass is 280 g/mol. The third-order valence-corrected chi connectivity index (χ3v) is 2.75. The highest BCUT2D eigenvalue weighted by Crippen LogP contribution is 2.23. The molecule has 0 saturated heterocycles. The molecule has 14 heavy (non-hydrogen) atoms. The fourth-order valence-corrected chi connectivity index (χ4v) is 1.65. The SMILES string of the molecule is FCOc1ccc(Cl)c(CCCBr)c1. The van der Waals surface area contributed by atoms with E-state index >= 15 is 0 Å². The first-order chi connectivity index (χ1) is 6.77. The summed E-state index contributed by atoms with van der Waals surface area (Å²) >= 11 is 9.31. The van der Waals surface area contributed by atoms with Crippen molar-refractivity contribution in [1.82, 2.24) is 0 Å². The van der Waals surface area contributed by atoms with Crippen LogP contribution < -0.4 is 4.74 Å². The van der Waals surface area contributed by atoms with Gasteiger partial charge in [0, 0.05) is 10.4 Å². The Hall–Kier alpha value is -0.280. The van der Waals surface area contributed by atoms with Crippen molar-refractivity contribution in [1.29, 1.82) is 0 Å². The van der Waals surface area contributed by atoms with Gasteiger partial charge in [-0.1, -0.05) is 27.5 Å². The molecule has 0 atom stereocenters. The van der Waals surface area contributed by atoms with Gasteiger partial charge in [-0.05, 0) is 36.6 Å². The van der Waals surface area contributed by atoms with Crippen LogP contribution >= 0.6 is 27.5 Å². The van der Waals surface area contributed by atoms with Gasteiger partial charge in [0.05, 0.1) is 0 Å². The molecule has 4 heteroatoms. The molecule has 0 radical (unpaired) electrons. The molecule has 0 unspecified atom stereocenters. The van der Waals surface area contributed by atoms with Crippen molar-refractivity contribution in [3.05, 3.63) is 28.8 Å². The molecule has 0 aliphatic carbocycles. The molecule has 0 amide bonds. The minimum absolute atomic E-state index is 0.529. The quantitative estimate of drug-likeness (QED) is 0.742. The highest BCUT2D eigenvalue weighted by Gasteiger charge is 2.02. The van der Waals surface area contributed by atoms with Crippen LogP contribution in [-0.4, -0.2) is 12.2 Å². The number of hydrogen-bond donors (Lipinski definition) is 0. The van der Waals surface area contributed by atoms with Gasteiger partial charge in [-0.3, -0.25) is 0 Å². The van der Waals surface area contributed by atoms with Crippen molar-refractivity contribution in [3.63, 3.8) is 0 Å². The summed E-state index contributed by atoms with van der Waals surface area (Å²) in [6.07, 6.45) is 1.87. The average Bonchev–Trinajstić information content (AvgIpc) is 2.19. The minimum Gasteiger partial charge on any atom is -0.463 e. The second kappa shape index (κ2) is 6.25. The van der Waals surface area contributed by atoms with Crippen molar-refractivity contribution < 1.29 is 9.13 Å². The third kappa shape index (κ3) is 3.46. The van der Waals surface area contributed by atoms with Gasteiger partial charge in [0.1, 0.15) is 5.75 Å². The van der Waals surface area contributed by atoms with Gasteiger partial charge in [-0.25, -0.2) is 4.39 Å². The lowest BCUT2D eigenvalue weighted by Crippen LogP contribution is -1.93. The lowest BCUT2D eigenvalue weighted by atomic mass is 10.1. The van der Waals surface area contributed by atoms with Crippen LogP contribution in [0.3, 0.4) is 0 Å². The molecule has 1 rings (SSSR count). The van der Waals surface area contributed by atoms with E-state index in [2.05, 4.69) is 15.9 Å². The molecule has 0 saturated carbocycles. The van der Waals surface area contributed by atoms with Crippen molar-refractivity contribution in [2.45, 2.75) is 12.8 Å². The topological polar surface area (TPSA) is 9.23 Å². The first kappa shape index (κ1) is 11.8. The van der Waals surface area contributed by atoms with E-state index in [9.17, 15) is 4.39 Å². The van der Waals surface area contributed by atoms with Crippen molar-refractivity contribution in [2.24, 2.45) is 0 Å². The van der Waals surface area contributed by atoms with Crippen molar-refractivity contribution >= 4 is 27.5 Å². The Balaban J connectivity index is 2.74. The zero-order chi connectivity index (χ0) is 10.4. The van der Waals surface area contributed by atoms with Crippen LogP contribution in [0, 0.1) is 0 Å². The maximum atomic E-state index is 11.9. The summed E-state index contributed by atoms with van der Waals surface area (Å²) in [7, 11) is 0. The van der Waals surface area contributed by atoms with E-state index in [0.29, 0.717) is 10.8 Å². The van der Waals surface area contributed by atoms with Crippen LogP contribution in [0.25, 0.3) is 0 Å². The molecule has 1 aromatic rings. The predicted molar refractivity (Wildman–Crippen MR) is 60.2 cm³/mol. The second-order valence-corrected chi connectivity index (χ2v) is 4.00. The van der Waals surface area contributed by atoms with Gasteiger partial charge in [-0.15, -0.1) is 0 Å². The van der Waals surface area contributed by atoms with E-state index in [1.165, 1.54) is 0 Å². The van der Waals surface area contributed by atoms with Gasteiger partial charge in [-0.2, -0.15) is 0 Å². The van der Waals surface area contributed by atoms with E-state index in [1.54, 1.807) is 18.2 Å². The average molecular weight is 282 g/mol. The van der Waals surface area contributed by atoms with E-state index in [-0.39, 0.29) is 0 Å². The molecule has 1 nitrogen and oxygen atoms in total. The molecule has 78 valence electrons. The van der Waals surface area contributed by atoms with Gasteiger partial charge >= 0.3 is 0 Å². The first-order valence-corrected chi connectivity index (χ1v) is 5.81. The number of rotatable bonds is 5. The van der Waals surface area contributed by atoms with E-state index in [1.807, 2.05) is 0 Å². The molecular weight excluding hydrogens is 270 g/mol. The molecule has 0 spiro atoms. The highest BCUT2D eigenvalue weighted by molar-refractivity contribution is 9.09. The van der Waals surface area contributed by atoms with Crippen molar-refractivity contribution in [2.75, 3.05) is 12.2 Å². The molecule has 0 heterocycles. The van der Waals surface area contributed by atoms with Gasteiger partial charge in [0.25, 0.3) is 0 Å². The molecule has 0 bridgehead atoms. The Morgan fingerprint density at radius 2 is 2.21 bits per heavy atom. The Labute approximate surface area is 96.3 Å². The van der Waals surface area contributed by atoms with Crippen LogP contribution in [0.5, 0.6) is 5.75 Å². The Morgan fingerprint density at radius 3 is 2.86 bits per heavy atom. The number of halogens is 3. The standard InChI is InChI=1S/C10H11BrClFO/c11-5-1-2-8-6-9(14-7-13)3-4-10(8)12/h3-4,6H,1-2,5,7H2.